The third-order valence-corrected chi connectivity index (χ3v) is 5.30. The number of nitrogens with zero attached hydrogens (tertiary/aromatic N) is 5. The number of aryl methyl sites for hydroxylation is 1. The molecule has 0 saturated carbocycles. The maximum absolute atomic E-state index is 6.08. The Morgan fingerprint density at radius 1 is 1.03 bits per heavy atom. The van der Waals surface area contributed by atoms with Crippen LogP contribution in [0.5, 0.6) is 0 Å². The van der Waals surface area contributed by atoms with E-state index in [1.54, 1.807) is 0 Å². The molecule has 6 nitrogen and oxygen atoms in total. The maximum Gasteiger partial charge on any atom is 0.137 e. The second kappa shape index (κ2) is 7.73. The van der Waals surface area contributed by atoms with Gasteiger partial charge in [-0.2, -0.15) is 0 Å². The first kappa shape index (κ1) is 18.0. The number of imidazole rings is 1. The van der Waals surface area contributed by atoms with Crippen molar-refractivity contribution >= 4 is 5.65 Å². The van der Waals surface area contributed by atoms with E-state index in [2.05, 4.69) is 43.7 Å². The first-order chi connectivity index (χ1) is 14.3. The number of fused-ring (bicyclic) bond motifs is 1. The Labute approximate surface area is 169 Å². The number of hydrogen-bond acceptors (Lipinski definition) is 5. The monoisotopic (exact) mass is 385 g/mol. The third kappa shape index (κ3) is 3.77. The highest BCUT2D eigenvalue weighted by atomic mass is 16.5. The van der Waals surface area contributed by atoms with Crippen LogP contribution in [-0.4, -0.2) is 43.9 Å². The fourth-order valence-electron chi connectivity index (χ4n) is 3.88. The van der Waals surface area contributed by atoms with Crippen LogP contribution in [-0.2, 0) is 11.3 Å². The summed E-state index contributed by atoms with van der Waals surface area (Å²) >= 11 is 0. The van der Waals surface area contributed by atoms with E-state index < -0.39 is 0 Å². The SMILES string of the molecule is Cc1cccc(CN2CCO[C@@H](c3cn4c(-c5ccncc5)cccc4n3)C2)n1. The molecule has 4 aromatic rings. The molecule has 0 spiro atoms. The van der Waals surface area contributed by atoms with Crippen LogP contribution >= 0.6 is 0 Å². The first-order valence-corrected chi connectivity index (χ1v) is 9.91. The van der Waals surface area contributed by atoms with Crippen molar-refractivity contribution in [2.45, 2.75) is 19.6 Å². The third-order valence-electron chi connectivity index (χ3n) is 5.30. The van der Waals surface area contributed by atoms with Crippen molar-refractivity contribution in [3.8, 4) is 11.3 Å². The minimum atomic E-state index is -0.0428. The van der Waals surface area contributed by atoms with E-state index in [0.29, 0.717) is 6.61 Å². The Morgan fingerprint density at radius 2 is 1.90 bits per heavy atom. The van der Waals surface area contributed by atoms with E-state index in [4.69, 9.17) is 9.72 Å². The number of hydrogen-bond donors (Lipinski definition) is 0. The van der Waals surface area contributed by atoms with Crippen LogP contribution in [0.1, 0.15) is 23.2 Å². The van der Waals surface area contributed by atoms with E-state index in [-0.39, 0.29) is 6.10 Å². The molecule has 5 rings (SSSR count). The molecular formula is C23H23N5O. The summed E-state index contributed by atoms with van der Waals surface area (Å²) in [7, 11) is 0. The zero-order valence-electron chi connectivity index (χ0n) is 16.4. The van der Waals surface area contributed by atoms with Crippen LogP contribution in [0.25, 0.3) is 16.9 Å². The van der Waals surface area contributed by atoms with Crippen molar-refractivity contribution < 1.29 is 4.74 Å². The van der Waals surface area contributed by atoms with Crippen molar-refractivity contribution in [1.29, 1.82) is 0 Å². The summed E-state index contributed by atoms with van der Waals surface area (Å²) in [6.45, 7) is 5.27. The molecule has 1 saturated heterocycles. The molecule has 0 radical (unpaired) electrons. The molecule has 5 heterocycles. The smallest absolute Gasteiger partial charge is 0.137 e. The topological polar surface area (TPSA) is 55.6 Å². The highest BCUT2D eigenvalue weighted by molar-refractivity contribution is 5.63. The van der Waals surface area contributed by atoms with Gasteiger partial charge in [0.2, 0.25) is 0 Å². The largest absolute Gasteiger partial charge is 0.369 e. The molecule has 1 aliphatic heterocycles. The van der Waals surface area contributed by atoms with Gasteiger partial charge in [-0.15, -0.1) is 0 Å². The zero-order valence-corrected chi connectivity index (χ0v) is 16.4. The standard InChI is InChI=1S/C23H23N5O/c1-17-4-2-5-19(25-17)14-27-12-13-29-22(16-27)20-15-28-21(6-3-7-23(28)26-20)18-8-10-24-11-9-18/h2-11,15,22H,12-14,16H2,1H3/t22-/m1/s1. The Morgan fingerprint density at radius 3 is 2.76 bits per heavy atom. The Kier molecular flexibility index (Phi) is 4.79. The second-order valence-corrected chi connectivity index (χ2v) is 7.41. The first-order valence-electron chi connectivity index (χ1n) is 9.91. The lowest BCUT2D eigenvalue weighted by atomic mass is 10.2. The van der Waals surface area contributed by atoms with Gasteiger partial charge < -0.3 is 4.74 Å². The lowest BCUT2D eigenvalue weighted by molar-refractivity contribution is -0.0351. The molecule has 6 heteroatoms. The minimum absolute atomic E-state index is 0.0428. The summed E-state index contributed by atoms with van der Waals surface area (Å²) in [5.74, 6) is 0. The van der Waals surface area contributed by atoms with Crippen LogP contribution in [0.2, 0.25) is 0 Å². The van der Waals surface area contributed by atoms with Gasteiger partial charge in [0.1, 0.15) is 11.8 Å². The molecule has 1 fully saturated rings. The molecule has 1 atom stereocenters. The van der Waals surface area contributed by atoms with Gasteiger partial charge in [0.15, 0.2) is 0 Å². The van der Waals surface area contributed by atoms with Gasteiger partial charge in [-0.05, 0) is 43.3 Å². The molecule has 0 N–H and O–H groups in total. The molecule has 4 aromatic heterocycles. The van der Waals surface area contributed by atoms with E-state index in [0.717, 1.165) is 53.6 Å². The maximum atomic E-state index is 6.08. The normalized spacial score (nSPS) is 17.6. The van der Waals surface area contributed by atoms with Crippen LogP contribution in [0.4, 0.5) is 0 Å². The van der Waals surface area contributed by atoms with Gasteiger partial charge in [-0.1, -0.05) is 12.1 Å². The van der Waals surface area contributed by atoms with Crippen molar-refractivity contribution in [2.75, 3.05) is 19.7 Å². The Hall–Kier alpha value is -3.09. The summed E-state index contributed by atoms with van der Waals surface area (Å²) < 4.78 is 8.22. The molecule has 0 unspecified atom stereocenters. The number of aromatic nitrogens is 4. The predicted molar refractivity (Wildman–Crippen MR) is 111 cm³/mol. The minimum Gasteiger partial charge on any atom is -0.369 e. The van der Waals surface area contributed by atoms with Gasteiger partial charge in [0.25, 0.3) is 0 Å². The molecular weight excluding hydrogens is 362 g/mol. The van der Waals surface area contributed by atoms with Crippen LogP contribution in [0.15, 0.2) is 67.1 Å². The molecule has 0 bridgehead atoms. The average molecular weight is 385 g/mol. The number of rotatable bonds is 4. The summed E-state index contributed by atoms with van der Waals surface area (Å²) in [6, 6.07) is 16.4. The van der Waals surface area contributed by atoms with Crippen molar-refractivity contribution in [2.24, 2.45) is 0 Å². The highest BCUT2D eigenvalue weighted by Gasteiger charge is 2.25. The zero-order chi connectivity index (χ0) is 19.6. The van der Waals surface area contributed by atoms with Crippen molar-refractivity contribution in [3.63, 3.8) is 0 Å². The van der Waals surface area contributed by atoms with Gasteiger partial charge in [-0.25, -0.2) is 4.98 Å². The Balaban J connectivity index is 1.40. The van der Waals surface area contributed by atoms with Crippen LogP contribution in [0.3, 0.4) is 0 Å². The molecule has 146 valence electrons. The highest BCUT2D eigenvalue weighted by Crippen LogP contribution is 2.26. The molecule has 0 aromatic carbocycles. The van der Waals surface area contributed by atoms with Gasteiger partial charge >= 0.3 is 0 Å². The van der Waals surface area contributed by atoms with Crippen molar-refractivity contribution in [3.05, 3.63) is 84.2 Å². The van der Waals surface area contributed by atoms with E-state index >= 15 is 0 Å². The van der Waals surface area contributed by atoms with E-state index in [1.165, 1.54) is 0 Å². The van der Waals surface area contributed by atoms with Gasteiger partial charge in [0, 0.05) is 49.5 Å². The molecule has 1 aliphatic rings. The molecule has 0 aliphatic carbocycles. The van der Waals surface area contributed by atoms with Gasteiger partial charge in [0.05, 0.1) is 23.7 Å². The van der Waals surface area contributed by atoms with E-state index in [1.807, 2.05) is 49.6 Å². The fraction of sp³-hybridized carbons (Fsp3) is 0.261. The Bertz CT molecular complexity index is 1120. The van der Waals surface area contributed by atoms with Crippen LogP contribution < -0.4 is 0 Å². The van der Waals surface area contributed by atoms with Crippen LogP contribution in [0, 0.1) is 6.92 Å². The number of ether oxygens (including phenoxy) is 1. The lowest BCUT2D eigenvalue weighted by Crippen LogP contribution is -2.38. The summed E-state index contributed by atoms with van der Waals surface area (Å²) in [5.41, 5.74) is 6.26. The molecule has 0 amide bonds. The number of pyridine rings is 3. The van der Waals surface area contributed by atoms with Gasteiger partial charge in [-0.3, -0.25) is 19.3 Å². The second-order valence-electron chi connectivity index (χ2n) is 7.41. The number of morpholine rings is 1. The molecule has 29 heavy (non-hydrogen) atoms. The fourth-order valence-corrected chi connectivity index (χ4v) is 3.88. The van der Waals surface area contributed by atoms with Crippen molar-refractivity contribution in [1.82, 2.24) is 24.3 Å². The lowest BCUT2D eigenvalue weighted by Gasteiger charge is -2.31. The quantitative estimate of drug-likeness (QED) is 0.536. The average Bonchev–Trinajstić information content (AvgIpc) is 3.19. The van der Waals surface area contributed by atoms with E-state index in [9.17, 15) is 0 Å². The summed E-state index contributed by atoms with van der Waals surface area (Å²) in [6.07, 6.45) is 5.68. The predicted octanol–water partition coefficient (Wildman–Crippen LogP) is 3.67. The summed E-state index contributed by atoms with van der Waals surface area (Å²) in [5, 5.41) is 0. The summed E-state index contributed by atoms with van der Waals surface area (Å²) in [4.78, 5) is 16.0.